The van der Waals surface area contributed by atoms with E-state index in [9.17, 15) is 18.0 Å². The summed E-state index contributed by atoms with van der Waals surface area (Å²) in [5.41, 5.74) is 0. The molecule has 0 fully saturated rings. The second-order valence-corrected chi connectivity index (χ2v) is 4.58. The highest BCUT2D eigenvalue weighted by atomic mass is 32.2. The highest BCUT2D eigenvalue weighted by molar-refractivity contribution is 8.00. The van der Waals surface area contributed by atoms with Gasteiger partial charge in [0.2, 0.25) is 0 Å². The van der Waals surface area contributed by atoms with E-state index in [-0.39, 0.29) is 12.4 Å². The van der Waals surface area contributed by atoms with Gasteiger partial charge in [-0.1, -0.05) is 13.3 Å². The van der Waals surface area contributed by atoms with Crippen LogP contribution in [0.3, 0.4) is 0 Å². The van der Waals surface area contributed by atoms with Crippen molar-refractivity contribution in [1.82, 2.24) is 0 Å². The molecular weight excluding hydrogens is 241 g/mol. The maximum Gasteiger partial charge on any atom is 0.389 e. The standard InChI is InChI=1S/C10H17F3O2S/c1-3-5-8(9(14)15-4-2)16-7-6-10(11,12)13/h8H,3-7H2,1-2H3. The lowest BCUT2D eigenvalue weighted by Gasteiger charge is -2.14. The van der Waals surface area contributed by atoms with Crippen LogP contribution in [0.15, 0.2) is 0 Å². The van der Waals surface area contributed by atoms with Crippen LogP contribution >= 0.6 is 11.8 Å². The highest BCUT2D eigenvalue weighted by Crippen LogP contribution is 2.25. The molecule has 0 amide bonds. The Balaban J connectivity index is 3.98. The van der Waals surface area contributed by atoms with Crippen LogP contribution in [-0.4, -0.2) is 29.8 Å². The molecule has 0 radical (unpaired) electrons. The number of alkyl halides is 3. The third-order valence-electron chi connectivity index (χ3n) is 1.80. The molecule has 1 unspecified atom stereocenters. The zero-order chi connectivity index (χ0) is 12.6. The lowest BCUT2D eigenvalue weighted by Crippen LogP contribution is -2.21. The zero-order valence-electron chi connectivity index (χ0n) is 9.47. The lowest BCUT2D eigenvalue weighted by atomic mass is 10.2. The minimum atomic E-state index is -4.15. The summed E-state index contributed by atoms with van der Waals surface area (Å²) in [5.74, 6) is -0.496. The first kappa shape index (κ1) is 15.6. The Hall–Kier alpha value is -0.390. The van der Waals surface area contributed by atoms with Crippen LogP contribution in [0.1, 0.15) is 33.1 Å². The normalized spacial score (nSPS) is 13.6. The first-order valence-electron chi connectivity index (χ1n) is 5.25. The summed E-state index contributed by atoms with van der Waals surface area (Å²) >= 11 is 1.03. The highest BCUT2D eigenvalue weighted by Gasteiger charge is 2.28. The molecule has 0 heterocycles. The SMILES string of the molecule is CCCC(SCCC(F)(F)F)C(=O)OCC. The average molecular weight is 258 g/mol. The molecular formula is C10H17F3O2S. The number of ether oxygens (including phenoxy) is 1. The minimum Gasteiger partial charge on any atom is -0.465 e. The van der Waals surface area contributed by atoms with Crippen LogP contribution in [0.4, 0.5) is 13.2 Å². The number of rotatable bonds is 7. The van der Waals surface area contributed by atoms with E-state index < -0.39 is 23.8 Å². The summed E-state index contributed by atoms with van der Waals surface area (Å²) in [6.07, 6.45) is -3.71. The molecule has 0 bridgehead atoms. The zero-order valence-corrected chi connectivity index (χ0v) is 10.3. The third-order valence-corrected chi connectivity index (χ3v) is 3.08. The monoisotopic (exact) mass is 258 g/mol. The van der Waals surface area contributed by atoms with E-state index >= 15 is 0 Å². The fraction of sp³-hybridized carbons (Fsp3) is 0.900. The van der Waals surface area contributed by atoms with Gasteiger partial charge in [0.1, 0.15) is 5.25 Å². The predicted octanol–water partition coefficient (Wildman–Crippen LogP) is 3.40. The third kappa shape index (κ3) is 7.84. The van der Waals surface area contributed by atoms with Gasteiger partial charge in [0.15, 0.2) is 0 Å². The Bertz CT molecular complexity index is 207. The summed E-state index contributed by atoms with van der Waals surface area (Å²) in [7, 11) is 0. The van der Waals surface area contributed by atoms with E-state index in [0.29, 0.717) is 6.42 Å². The molecule has 0 aliphatic rings. The number of thioether (sulfide) groups is 1. The van der Waals surface area contributed by atoms with Crippen molar-refractivity contribution in [3.8, 4) is 0 Å². The van der Waals surface area contributed by atoms with E-state index in [1.807, 2.05) is 6.92 Å². The van der Waals surface area contributed by atoms with Crippen LogP contribution in [-0.2, 0) is 9.53 Å². The molecule has 0 saturated carbocycles. The summed E-state index contributed by atoms with van der Waals surface area (Å²) in [6.45, 7) is 3.83. The van der Waals surface area contributed by atoms with Crippen molar-refractivity contribution >= 4 is 17.7 Å². The number of hydrogen-bond acceptors (Lipinski definition) is 3. The van der Waals surface area contributed by atoms with Gasteiger partial charge in [-0.3, -0.25) is 4.79 Å². The molecule has 0 saturated heterocycles. The maximum atomic E-state index is 11.9. The summed E-state index contributed by atoms with van der Waals surface area (Å²) in [5, 5.41) is -0.465. The van der Waals surface area contributed by atoms with Crippen LogP contribution in [0, 0.1) is 0 Å². The van der Waals surface area contributed by atoms with Gasteiger partial charge in [-0.25, -0.2) is 0 Å². The number of halogens is 3. The van der Waals surface area contributed by atoms with Crippen molar-refractivity contribution in [1.29, 1.82) is 0 Å². The molecule has 0 aliphatic carbocycles. The van der Waals surface area contributed by atoms with Crippen molar-refractivity contribution < 1.29 is 22.7 Å². The molecule has 96 valence electrons. The topological polar surface area (TPSA) is 26.3 Å². The molecule has 0 aromatic heterocycles. The van der Waals surface area contributed by atoms with Crippen molar-refractivity contribution in [2.24, 2.45) is 0 Å². The maximum absolute atomic E-state index is 11.9. The fourth-order valence-electron chi connectivity index (χ4n) is 1.08. The van der Waals surface area contributed by atoms with Crippen LogP contribution in [0.5, 0.6) is 0 Å². The van der Waals surface area contributed by atoms with Gasteiger partial charge in [0, 0.05) is 5.75 Å². The molecule has 6 heteroatoms. The number of hydrogen-bond donors (Lipinski definition) is 0. The largest absolute Gasteiger partial charge is 0.465 e. The van der Waals surface area contributed by atoms with E-state index in [2.05, 4.69) is 0 Å². The Morgan fingerprint density at radius 3 is 2.44 bits per heavy atom. The van der Waals surface area contributed by atoms with Crippen LogP contribution in [0.2, 0.25) is 0 Å². The van der Waals surface area contributed by atoms with Gasteiger partial charge in [-0.15, -0.1) is 11.8 Å². The Labute approximate surface area is 97.9 Å². The summed E-state index contributed by atoms with van der Waals surface area (Å²) in [6, 6.07) is 0. The van der Waals surface area contributed by atoms with Gasteiger partial charge in [0.25, 0.3) is 0 Å². The summed E-state index contributed by atoms with van der Waals surface area (Å²) in [4.78, 5) is 11.4. The van der Waals surface area contributed by atoms with Gasteiger partial charge in [0.05, 0.1) is 13.0 Å². The molecule has 0 aromatic carbocycles. The summed E-state index contributed by atoms with van der Waals surface area (Å²) < 4.78 is 40.5. The molecule has 0 N–H and O–H groups in total. The first-order valence-corrected chi connectivity index (χ1v) is 6.30. The molecule has 2 nitrogen and oxygen atoms in total. The fourth-order valence-corrected chi connectivity index (χ4v) is 2.32. The van der Waals surface area contributed by atoms with Crippen LogP contribution < -0.4 is 0 Å². The first-order chi connectivity index (χ1) is 7.40. The number of carbonyl (C=O) groups excluding carboxylic acids is 1. The van der Waals surface area contributed by atoms with Gasteiger partial charge >= 0.3 is 12.1 Å². The predicted molar refractivity (Wildman–Crippen MR) is 58.5 cm³/mol. The van der Waals surface area contributed by atoms with Gasteiger partial charge in [-0.05, 0) is 13.3 Å². The molecule has 0 rings (SSSR count). The second kappa shape index (κ2) is 7.81. The molecule has 1 atom stereocenters. The quantitative estimate of drug-likeness (QED) is 0.655. The number of esters is 1. The molecule has 0 spiro atoms. The van der Waals surface area contributed by atoms with Gasteiger partial charge < -0.3 is 4.74 Å². The minimum absolute atomic E-state index is 0.0903. The van der Waals surface area contributed by atoms with Crippen molar-refractivity contribution in [2.45, 2.75) is 44.5 Å². The Morgan fingerprint density at radius 1 is 1.38 bits per heavy atom. The van der Waals surface area contributed by atoms with E-state index in [0.717, 1.165) is 18.2 Å². The second-order valence-electron chi connectivity index (χ2n) is 3.27. The Kier molecular flexibility index (Phi) is 7.62. The molecule has 0 aliphatic heterocycles. The molecule has 16 heavy (non-hydrogen) atoms. The van der Waals surface area contributed by atoms with Gasteiger partial charge in [-0.2, -0.15) is 13.2 Å². The van der Waals surface area contributed by atoms with Crippen molar-refractivity contribution in [2.75, 3.05) is 12.4 Å². The number of carbonyl (C=O) groups is 1. The molecule has 0 aromatic rings. The van der Waals surface area contributed by atoms with Crippen LogP contribution in [0.25, 0.3) is 0 Å². The lowest BCUT2D eigenvalue weighted by molar-refractivity contribution is -0.142. The average Bonchev–Trinajstić information content (AvgIpc) is 2.15. The van der Waals surface area contributed by atoms with Crippen molar-refractivity contribution in [3.63, 3.8) is 0 Å². The van der Waals surface area contributed by atoms with E-state index in [1.165, 1.54) is 0 Å². The van der Waals surface area contributed by atoms with E-state index in [4.69, 9.17) is 4.74 Å². The smallest absolute Gasteiger partial charge is 0.389 e. The Morgan fingerprint density at radius 2 is 2.00 bits per heavy atom. The van der Waals surface area contributed by atoms with Crippen molar-refractivity contribution in [3.05, 3.63) is 0 Å². The van der Waals surface area contributed by atoms with E-state index in [1.54, 1.807) is 6.92 Å².